The molecule has 0 bridgehead atoms. The van der Waals surface area contributed by atoms with Crippen LogP contribution in [0.15, 0.2) is 77.0 Å². The Morgan fingerprint density at radius 3 is 2.65 bits per heavy atom. The number of carbonyl (C=O) groups is 1. The maximum atomic E-state index is 12.7. The second kappa shape index (κ2) is 11.8. The van der Waals surface area contributed by atoms with E-state index in [0.717, 1.165) is 16.9 Å². The number of para-hydroxylation sites is 1. The molecular weight excluding hydrogens is 512 g/mol. The molecule has 4 rings (SSSR count). The zero-order chi connectivity index (χ0) is 26.4. The summed E-state index contributed by atoms with van der Waals surface area (Å²) in [6.07, 6.45) is 1.30. The predicted molar refractivity (Wildman–Crippen MR) is 146 cm³/mol. The minimum atomic E-state index is -0.545. The van der Waals surface area contributed by atoms with Gasteiger partial charge in [0.25, 0.3) is 5.91 Å². The zero-order valence-electron chi connectivity index (χ0n) is 20.1. The lowest BCUT2D eigenvalue weighted by Gasteiger charge is -2.14. The second-order valence-electron chi connectivity index (χ2n) is 8.12. The molecule has 0 spiro atoms. The first-order valence-corrected chi connectivity index (χ1v) is 12.6. The summed E-state index contributed by atoms with van der Waals surface area (Å²) in [4.78, 5) is 12.7. The van der Waals surface area contributed by atoms with Gasteiger partial charge in [-0.05, 0) is 61.9 Å². The molecule has 0 saturated carbocycles. The third-order valence-corrected chi connectivity index (χ3v) is 6.66. The van der Waals surface area contributed by atoms with Crippen molar-refractivity contribution < 1.29 is 15.0 Å². The van der Waals surface area contributed by atoms with E-state index >= 15 is 0 Å². The molecule has 0 fully saturated rings. The molecule has 4 aromatic rings. The van der Waals surface area contributed by atoms with Gasteiger partial charge in [-0.25, -0.2) is 5.43 Å². The SMILES string of the molecule is Cc1cc(Cl)ccc1NCc1nnc(SC(C)C(=O)NN=Cc2ccc(O)cc2O)n1-c1ccccc1. The van der Waals surface area contributed by atoms with Gasteiger partial charge in [-0.3, -0.25) is 9.36 Å². The maximum Gasteiger partial charge on any atom is 0.253 e. The molecule has 1 amide bonds. The Balaban J connectivity index is 1.48. The lowest BCUT2D eigenvalue weighted by Crippen LogP contribution is -2.27. The van der Waals surface area contributed by atoms with Gasteiger partial charge >= 0.3 is 0 Å². The number of hydrogen-bond acceptors (Lipinski definition) is 8. The second-order valence-corrected chi connectivity index (χ2v) is 9.86. The van der Waals surface area contributed by atoms with E-state index < -0.39 is 5.25 Å². The van der Waals surface area contributed by atoms with E-state index in [4.69, 9.17) is 11.6 Å². The molecule has 1 heterocycles. The van der Waals surface area contributed by atoms with Crippen LogP contribution in [0.5, 0.6) is 11.5 Å². The van der Waals surface area contributed by atoms with Crippen LogP contribution in [0, 0.1) is 6.92 Å². The number of rotatable bonds is 9. The Hall–Kier alpha value is -4.02. The molecule has 0 saturated heterocycles. The normalized spacial score (nSPS) is 12.0. The summed E-state index contributed by atoms with van der Waals surface area (Å²) in [6.45, 7) is 4.13. The van der Waals surface area contributed by atoms with E-state index in [2.05, 4.69) is 26.0 Å². The van der Waals surface area contributed by atoms with Crippen molar-refractivity contribution in [2.24, 2.45) is 5.10 Å². The number of halogens is 1. The van der Waals surface area contributed by atoms with E-state index in [1.54, 1.807) is 6.92 Å². The first-order chi connectivity index (χ1) is 17.8. The number of aryl methyl sites for hydroxylation is 1. The lowest BCUT2D eigenvalue weighted by molar-refractivity contribution is -0.120. The van der Waals surface area contributed by atoms with Gasteiger partial charge in [0.1, 0.15) is 11.5 Å². The van der Waals surface area contributed by atoms with E-state index in [1.165, 1.54) is 36.2 Å². The summed E-state index contributed by atoms with van der Waals surface area (Å²) in [5.74, 6) is 0.116. The Labute approximate surface area is 223 Å². The van der Waals surface area contributed by atoms with Crippen molar-refractivity contribution in [3.8, 4) is 17.2 Å². The van der Waals surface area contributed by atoms with Crippen molar-refractivity contribution in [1.82, 2.24) is 20.2 Å². The number of nitrogens with zero attached hydrogens (tertiary/aromatic N) is 4. The largest absolute Gasteiger partial charge is 0.508 e. The van der Waals surface area contributed by atoms with Crippen molar-refractivity contribution in [1.29, 1.82) is 0 Å². The van der Waals surface area contributed by atoms with E-state index in [1.807, 2.05) is 60.0 Å². The first-order valence-electron chi connectivity index (χ1n) is 11.3. The molecule has 0 aliphatic rings. The van der Waals surface area contributed by atoms with E-state index in [9.17, 15) is 15.0 Å². The topological polar surface area (TPSA) is 125 Å². The maximum absolute atomic E-state index is 12.7. The lowest BCUT2D eigenvalue weighted by atomic mass is 10.2. The van der Waals surface area contributed by atoms with Crippen LogP contribution in [-0.2, 0) is 11.3 Å². The average Bonchev–Trinajstić information content (AvgIpc) is 3.27. The Bertz CT molecular complexity index is 1430. The van der Waals surface area contributed by atoms with Crippen LogP contribution in [0.2, 0.25) is 5.02 Å². The van der Waals surface area contributed by atoms with Crippen molar-refractivity contribution in [3.05, 3.63) is 88.7 Å². The number of phenolic OH excluding ortho intramolecular Hbond substituents is 2. The van der Waals surface area contributed by atoms with Crippen LogP contribution in [0.3, 0.4) is 0 Å². The number of phenols is 2. The number of nitrogens with one attached hydrogen (secondary N) is 2. The van der Waals surface area contributed by atoms with Gasteiger partial charge in [0.05, 0.1) is 18.0 Å². The average molecular weight is 537 g/mol. The van der Waals surface area contributed by atoms with Crippen molar-refractivity contribution in [2.45, 2.75) is 30.8 Å². The Morgan fingerprint density at radius 1 is 1.14 bits per heavy atom. The molecule has 11 heteroatoms. The fourth-order valence-electron chi connectivity index (χ4n) is 3.44. The highest BCUT2D eigenvalue weighted by Gasteiger charge is 2.21. The number of hydrazone groups is 1. The molecular formula is C26H25ClN6O3S. The number of aromatic nitrogens is 3. The minimum Gasteiger partial charge on any atom is -0.508 e. The fraction of sp³-hybridized carbons (Fsp3) is 0.154. The van der Waals surface area contributed by atoms with Gasteiger partial charge in [0, 0.05) is 28.0 Å². The molecule has 1 unspecified atom stereocenters. The van der Waals surface area contributed by atoms with Gasteiger partial charge in [-0.1, -0.05) is 41.6 Å². The van der Waals surface area contributed by atoms with E-state index in [-0.39, 0.29) is 17.4 Å². The van der Waals surface area contributed by atoms with Crippen molar-refractivity contribution in [2.75, 3.05) is 5.32 Å². The minimum absolute atomic E-state index is 0.0656. The Kier molecular flexibility index (Phi) is 8.32. The molecule has 0 aliphatic carbocycles. The van der Waals surface area contributed by atoms with Crippen LogP contribution in [0.25, 0.3) is 5.69 Å². The van der Waals surface area contributed by atoms with Crippen LogP contribution in [0.4, 0.5) is 5.69 Å². The molecule has 9 nitrogen and oxygen atoms in total. The fourth-order valence-corrected chi connectivity index (χ4v) is 4.54. The summed E-state index contributed by atoms with van der Waals surface area (Å²) in [5, 5.41) is 35.9. The third-order valence-electron chi connectivity index (χ3n) is 5.38. The number of thioether (sulfide) groups is 1. The van der Waals surface area contributed by atoms with Gasteiger partial charge in [0.15, 0.2) is 11.0 Å². The van der Waals surface area contributed by atoms with Crippen LogP contribution in [-0.4, -0.2) is 42.3 Å². The van der Waals surface area contributed by atoms with Crippen LogP contribution >= 0.6 is 23.4 Å². The van der Waals surface area contributed by atoms with E-state index in [0.29, 0.717) is 28.1 Å². The first kappa shape index (κ1) is 26.1. The summed E-state index contributed by atoms with van der Waals surface area (Å²) in [5.41, 5.74) is 5.65. The monoisotopic (exact) mass is 536 g/mol. The summed E-state index contributed by atoms with van der Waals surface area (Å²) >= 11 is 7.32. The molecule has 1 atom stereocenters. The molecule has 190 valence electrons. The van der Waals surface area contributed by atoms with Gasteiger partial charge in [-0.15, -0.1) is 10.2 Å². The highest BCUT2D eigenvalue weighted by atomic mass is 35.5. The summed E-state index contributed by atoms with van der Waals surface area (Å²) in [6, 6.07) is 19.4. The number of aromatic hydroxyl groups is 2. The molecule has 0 aliphatic heterocycles. The smallest absolute Gasteiger partial charge is 0.253 e. The number of hydrogen-bond donors (Lipinski definition) is 4. The molecule has 1 aromatic heterocycles. The Morgan fingerprint density at radius 2 is 1.92 bits per heavy atom. The predicted octanol–water partition coefficient (Wildman–Crippen LogP) is 4.88. The number of amides is 1. The number of carbonyl (C=O) groups excluding carboxylic acids is 1. The van der Waals surface area contributed by atoms with Crippen LogP contribution < -0.4 is 10.7 Å². The number of anilines is 1. The zero-order valence-corrected chi connectivity index (χ0v) is 21.7. The van der Waals surface area contributed by atoms with Gasteiger partial charge in [0.2, 0.25) is 0 Å². The molecule has 37 heavy (non-hydrogen) atoms. The highest BCUT2D eigenvalue weighted by molar-refractivity contribution is 8.00. The quantitative estimate of drug-likeness (QED) is 0.136. The highest BCUT2D eigenvalue weighted by Crippen LogP contribution is 2.27. The van der Waals surface area contributed by atoms with Crippen molar-refractivity contribution >= 4 is 41.2 Å². The summed E-state index contributed by atoms with van der Waals surface area (Å²) < 4.78 is 1.91. The van der Waals surface area contributed by atoms with Crippen LogP contribution in [0.1, 0.15) is 23.9 Å². The van der Waals surface area contributed by atoms with Gasteiger partial charge in [-0.2, -0.15) is 5.10 Å². The third kappa shape index (κ3) is 6.60. The van der Waals surface area contributed by atoms with Gasteiger partial charge < -0.3 is 15.5 Å². The van der Waals surface area contributed by atoms with Crippen molar-refractivity contribution in [3.63, 3.8) is 0 Å². The molecule has 3 aromatic carbocycles. The molecule has 4 N–H and O–H groups in total. The number of benzene rings is 3. The molecule has 0 radical (unpaired) electrons. The summed E-state index contributed by atoms with van der Waals surface area (Å²) in [7, 11) is 0. The standard InChI is InChI=1S/C26H25ClN6O3S/c1-16-12-19(27)9-11-22(16)28-15-24-30-32-26(33(24)20-6-4-3-5-7-20)37-17(2)25(36)31-29-14-18-8-10-21(34)13-23(18)35/h3-14,17,28,34-35H,15H2,1-2H3,(H,31,36).